The average Bonchev–Trinajstić information content (AvgIpc) is 2.50. The van der Waals surface area contributed by atoms with Gasteiger partial charge in [0, 0.05) is 23.6 Å². The minimum Gasteiger partial charge on any atom is -0.475 e. The highest BCUT2D eigenvalue weighted by molar-refractivity contribution is 6.08. The highest BCUT2D eigenvalue weighted by atomic mass is 16.5. The van der Waals surface area contributed by atoms with Gasteiger partial charge < -0.3 is 20.4 Å². The van der Waals surface area contributed by atoms with E-state index in [1.165, 1.54) is 0 Å². The summed E-state index contributed by atoms with van der Waals surface area (Å²) in [6.07, 6.45) is 0. The Morgan fingerprint density at radius 2 is 2.15 bits per heavy atom. The minimum atomic E-state index is 0.0262. The van der Waals surface area contributed by atoms with E-state index in [0.29, 0.717) is 31.3 Å². The lowest BCUT2D eigenvalue weighted by atomic mass is 10.1. The molecule has 20 heavy (non-hydrogen) atoms. The molecule has 0 unspecified atom stereocenters. The highest BCUT2D eigenvalue weighted by Crippen LogP contribution is 2.21. The van der Waals surface area contributed by atoms with Gasteiger partial charge >= 0.3 is 0 Å². The number of hydrogen-bond donors (Lipinski definition) is 2. The monoisotopic (exact) mass is 275 g/mol. The molecule has 2 rings (SSSR count). The molecule has 2 aromatic rings. The van der Waals surface area contributed by atoms with Crippen molar-refractivity contribution in [3.05, 3.63) is 35.9 Å². The summed E-state index contributed by atoms with van der Waals surface area (Å²) in [5.74, 6) is 0.447. The second kappa shape index (κ2) is 6.72. The van der Waals surface area contributed by atoms with E-state index < -0.39 is 0 Å². The first-order chi connectivity index (χ1) is 9.76. The third-order valence-electron chi connectivity index (χ3n) is 2.76. The summed E-state index contributed by atoms with van der Waals surface area (Å²) in [7, 11) is 0. The van der Waals surface area contributed by atoms with Gasteiger partial charge in [0.25, 0.3) is 0 Å². The summed E-state index contributed by atoms with van der Waals surface area (Å²) in [4.78, 5) is 4.38. The summed E-state index contributed by atoms with van der Waals surface area (Å²) >= 11 is 0. The summed E-state index contributed by atoms with van der Waals surface area (Å²) < 4.78 is 10.7. The molecule has 0 amide bonds. The van der Waals surface area contributed by atoms with Crippen LogP contribution in [0, 0.1) is 0 Å². The number of aromatic nitrogens is 1. The molecular weight excluding hydrogens is 258 g/mol. The molecule has 0 saturated carbocycles. The second-order valence-electron chi connectivity index (χ2n) is 4.06. The number of nitrogens with two attached hydrogens (primary N) is 1. The van der Waals surface area contributed by atoms with Crippen molar-refractivity contribution in [1.82, 2.24) is 4.98 Å². The Kier molecular flexibility index (Phi) is 4.73. The number of pyridine rings is 1. The number of nitrogens with zero attached hydrogens (tertiary/aromatic N) is 2. The summed E-state index contributed by atoms with van der Waals surface area (Å²) in [5.41, 5.74) is 7.01. The van der Waals surface area contributed by atoms with Gasteiger partial charge in [-0.1, -0.05) is 23.4 Å². The molecule has 0 aliphatic rings. The van der Waals surface area contributed by atoms with Gasteiger partial charge in [-0.15, -0.1) is 0 Å². The largest absolute Gasteiger partial charge is 0.475 e. The normalized spacial score (nSPS) is 11.8. The van der Waals surface area contributed by atoms with Gasteiger partial charge in [0.15, 0.2) is 5.84 Å². The Labute approximate surface area is 116 Å². The fraction of sp³-hybridized carbons (Fsp3) is 0.286. The van der Waals surface area contributed by atoms with Crippen LogP contribution < -0.4 is 10.5 Å². The lowest BCUT2D eigenvalue weighted by Crippen LogP contribution is -2.15. The molecule has 0 fully saturated rings. The number of fused-ring (bicyclic) bond motifs is 1. The van der Waals surface area contributed by atoms with E-state index >= 15 is 0 Å². The SMILES string of the molecule is CCOCCOc1cc(C(N)=NO)c2ccccc2n1. The van der Waals surface area contributed by atoms with Crippen molar-refractivity contribution in [3.8, 4) is 5.88 Å². The first-order valence-electron chi connectivity index (χ1n) is 6.34. The fourth-order valence-electron chi connectivity index (χ4n) is 1.84. The van der Waals surface area contributed by atoms with Crippen LogP contribution >= 0.6 is 0 Å². The molecule has 3 N–H and O–H groups in total. The first kappa shape index (κ1) is 14.1. The van der Waals surface area contributed by atoms with Crippen LogP contribution in [0.15, 0.2) is 35.5 Å². The number of ether oxygens (including phenoxy) is 2. The molecule has 0 aliphatic heterocycles. The number of benzene rings is 1. The van der Waals surface area contributed by atoms with Gasteiger partial charge in [0.05, 0.1) is 12.1 Å². The van der Waals surface area contributed by atoms with Gasteiger partial charge in [-0.05, 0) is 13.0 Å². The molecule has 1 heterocycles. The van der Waals surface area contributed by atoms with Gasteiger partial charge in [0.2, 0.25) is 5.88 Å². The Bertz CT molecular complexity index is 614. The molecule has 0 radical (unpaired) electrons. The number of oxime groups is 1. The van der Waals surface area contributed by atoms with E-state index in [0.717, 1.165) is 10.9 Å². The number of rotatable bonds is 6. The molecular formula is C14H17N3O3. The molecule has 6 heteroatoms. The van der Waals surface area contributed by atoms with Gasteiger partial charge in [-0.2, -0.15) is 0 Å². The maximum absolute atomic E-state index is 8.87. The van der Waals surface area contributed by atoms with Crippen molar-refractivity contribution in [2.24, 2.45) is 10.9 Å². The summed E-state index contributed by atoms with van der Waals surface area (Å²) in [6.45, 7) is 3.45. The van der Waals surface area contributed by atoms with Gasteiger partial charge in [0.1, 0.15) is 6.61 Å². The molecule has 0 saturated heterocycles. The van der Waals surface area contributed by atoms with Crippen LogP contribution in [-0.2, 0) is 4.74 Å². The maximum atomic E-state index is 8.87. The van der Waals surface area contributed by atoms with Crippen LogP contribution in [-0.4, -0.2) is 35.8 Å². The standard InChI is InChI=1S/C14H17N3O3/c1-2-19-7-8-20-13-9-11(14(15)17-18)10-5-3-4-6-12(10)16-13/h3-6,9,18H,2,7-8H2,1H3,(H2,15,17). The fourth-order valence-corrected chi connectivity index (χ4v) is 1.84. The van der Waals surface area contributed by atoms with Crippen LogP contribution in [0.2, 0.25) is 0 Å². The Morgan fingerprint density at radius 3 is 2.90 bits per heavy atom. The molecule has 0 atom stereocenters. The zero-order chi connectivity index (χ0) is 14.4. The van der Waals surface area contributed by atoms with Crippen molar-refractivity contribution in [3.63, 3.8) is 0 Å². The van der Waals surface area contributed by atoms with E-state index in [4.69, 9.17) is 20.4 Å². The molecule has 0 spiro atoms. The van der Waals surface area contributed by atoms with Crippen LogP contribution in [0.5, 0.6) is 5.88 Å². The predicted octanol–water partition coefficient (Wildman–Crippen LogP) is 1.74. The van der Waals surface area contributed by atoms with Crippen molar-refractivity contribution in [2.75, 3.05) is 19.8 Å². The first-order valence-corrected chi connectivity index (χ1v) is 6.34. The average molecular weight is 275 g/mol. The van der Waals surface area contributed by atoms with Crippen molar-refractivity contribution >= 4 is 16.7 Å². The quantitative estimate of drug-likeness (QED) is 0.275. The van der Waals surface area contributed by atoms with Crippen LogP contribution in [0.4, 0.5) is 0 Å². The van der Waals surface area contributed by atoms with Crippen molar-refractivity contribution in [1.29, 1.82) is 0 Å². The van der Waals surface area contributed by atoms with Crippen LogP contribution in [0.25, 0.3) is 10.9 Å². The van der Waals surface area contributed by atoms with E-state index in [2.05, 4.69) is 10.1 Å². The summed E-state index contributed by atoms with van der Waals surface area (Å²) in [5, 5.41) is 12.7. The predicted molar refractivity (Wildman–Crippen MR) is 76.2 cm³/mol. The lowest BCUT2D eigenvalue weighted by Gasteiger charge is -2.10. The summed E-state index contributed by atoms with van der Waals surface area (Å²) in [6, 6.07) is 9.10. The number of amidine groups is 1. The van der Waals surface area contributed by atoms with E-state index in [-0.39, 0.29) is 5.84 Å². The Balaban J connectivity index is 2.32. The smallest absolute Gasteiger partial charge is 0.214 e. The third-order valence-corrected chi connectivity index (χ3v) is 2.76. The number of hydrogen-bond acceptors (Lipinski definition) is 5. The second-order valence-corrected chi connectivity index (χ2v) is 4.06. The van der Waals surface area contributed by atoms with Crippen LogP contribution in [0.1, 0.15) is 12.5 Å². The van der Waals surface area contributed by atoms with Crippen LogP contribution in [0.3, 0.4) is 0 Å². The Morgan fingerprint density at radius 1 is 1.35 bits per heavy atom. The van der Waals surface area contributed by atoms with E-state index in [1.54, 1.807) is 6.07 Å². The lowest BCUT2D eigenvalue weighted by molar-refractivity contribution is 0.108. The highest BCUT2D eigenvalue weighted by Gasteiger charge is 2.10. The zero-order valence-electron chi connectivity index (χ0n) is 11.2. The topological polar surface area (TPSA) is 90.0 Å². The third kappa shape index (κ3) is 3.16. The minimum absolute atomic E-state index is 0.0262. The van der Waals surface area contributed by atoms with Crippen molar-refractivity contribution < 1.29 is 14.7 Å². The van der Waals surface area contributed by atoms with Gasteiger partial charge in [-0.3, -0.25) is 0 Å². The maximum Gasteiger partial charge on any atom is 0.214 e. The molecule has 1 aromatic carbocycles. The van der Waals surface area contributed by atoms with E-state index in [1.807, 2.05) is 31.2 Å². The van der Waals surface area contributed by atoms with E-state index in [9.17, 15) is 0 Å². The van der Waals surface area contributed by atoms with Gasteiger partial charge in [-0.25, -0.2) is 4.98 Å². The molecule has 0 bridgehead atoms. The zero-order valence-corrected chi connectivity index (χ0v) is 11.2. The molecule has 0 aliphatic carbocycles. The number of para-hydroxylation sites is 1. The molecule has 6 nitrogen and oxygen atoms in total. The van der Waals surface area contributed by atoms with Crippen molar-refractivity contribution in [2.45, 2.75) is 6.92 Å². The Hall–Kier alpha value is -2.34. The molecule has 1 aromatic heterocycles. The molecule has 106 valence electrons.